The van der Waals surface area contributed by atoms with Crippen molar-refractivity contribution in [3.05, 3.63) is 35.3 Å². The number of carbonyl (C=O) groups excluding carboxylic acids is 1. The van der Waals surface area contributed by atoms with E-state index < -0.39 is 0 Å². The van der Waals surface area contributed by atoms with E-state index in [0.717, 1.165) is 42.9 Å². The first-order valence-corrected chi connectivity index (χ1v) is 9.77. The standard InChI is InChI=1S/C20H28N4O3/c1-15-5-3-7-24-17(14-22(2)13-16-6-4-10-27-16)18(21-19(15)24)20(25)23-8-11-26-12-9-23/h3,5,7,16H,4,6,8-14H2,1-2H3/t16-/m1/s1. The minimum atomic E-state index is 0.00177. The van der Waals surface area contributed by atoms with Gasteiger partial charge in [-0.15, -0.1) is 0 Å². The Balaban J connectivity index is 1.63. The topological polar surface area (TPSA) is 59.3 Å². The SMILES string of the molecule is Cc1cccn2c(CN(C)C[C@H]3CCCO3)c(C(=O)N3CCOCC3)nc12. The molecule has 7 nitrogen and oxygen atoms in total. The molecule has 0 spiro atoms. The molecule has 0 N–H and O–H groups in total. The lowest BCUT2D eigenvalue weighted by molar-refractivity contribution is 0.0297. The molecule has 0 unspecified atom stereocenters. The second-order valence-corrected chi connectivity index (χ2v) is 7.53. The van der Waals surface area contributed by atoms with Gasteiger partial charge in [0.05, 0.1) is 25.0 Å². The predicted octanol–water partition coefficient (Wildman–Crippen LogP) is 1.73. The highest BCUT2D eigenvalue weighted by molar-refractivity contribution is 5.94. The molecule has 2 aromatic heterocycles. The summed E-state index contributed by atoms with van der Waals surface area (Å²) in [7, 11) is 2.08. The van der Waals surface area contributed by atoms with Gasteiger partial charge < -0.3 is 18.8 Å². The summed E-state index contributed by atoms with van der Waals surface area (Å²) >= 11 is 0. The molecular formula is C20H28N4O3. The van der Waals surface area contributed by atoms with E-state index in [2.05, 4.69) is 16.3 Å². The first kappa shape index (κ1) is 18.4. The van der Waals surface area contributed by atoms with Crippen LogP contribution in [-0.4, -0.2) is 77.7 Å². The van der Waals surface area contributed by atoms with Gasteiger partial charge in [0.1, 0.15) is 5.65 Å². The average Bonchev–Trinajstić information content (AvgIpc) is 3.31. The summed E-state index contributed by atoms with van der Waals surface area (Å²) in [5.41, 5.74) is 3.44. The number of hydrogen-bond donors (Lipinski definition) is 0. The number of likely N-dealkylation sites (N-methyl/N-ethyl adjacent to an activating group) is 1. The highest BCUT2D eigenvalue weighted by Gasteiger charge is 2.27. The summed E-state index contributed by atoms with van der Waals surface area (Å²) in [5.74, 6) is 0.00177. The largest absolute Gasteiger partial charge is 0.378 e. The Morgan fingerprint density at radius 1 is 1.33 bits per heavy atom. The quantitative estimate of drug-likeness (QED) is 0.800. The lowest BCUT2D eigenvalue weighted by Crippen LogP contribution is -2.41. The molecule has 2 saturated heterocycles. The molecule has 4 heterocycles. The van der Waals surface area contributed by atoms with Crippen LogP contribution >= 0.6 is 0 Å². The molecule has 1 atom stereocenters. The van der Waals surface area contributed by atoms with E-state index in [1.165, 1.54) is 0 Å². The monoisotopic (exact) mass is 372 g/mol. The first-order valence-electron chi connectivity index (χ1n) is 9.77. The van der Waals surface area contributed by atoms with Crippen molar-refractivity contribution < 1.29 is 14.3 Å². The van der Waals surface area contributed by atoms with Gasteiger partial charge in [0.2, 0.25) is 0 Å². The number of hydrogen-bond acceptors (Lipinski definition) is 5. The van der Waals surface area contributed by atoms with Crippen molar-refractivity contribution >= 4 is 11.6 Å². The fraction of sp³-hybridized carbons (Fsp3) is 0.600. The van der Waals surface area contributed by atoms with Crippen molar-refractivity contribution in [1.29, 1.82) is 0 Å². The van der Waals surface area contributed by atoms with Crippen LogP contribution in [0.15, 0.2) is 18.3 Å². The van der Waals surface area contributed by atoms with Crippen molar-refractivity contribution in [3.8, 4) is 0 Å². The van der Waals surface area contributed by atoms with Crippen LogP contribution in [0.4, 0.5) is 0 Å². The van der Waals surface area contributed by atoms with Gasteiger partial charge in [-0.05, 0) is 38.4 Å². The second-order valence-electron chi connectivity index (χ2n) is 7.53. The molecule has 2 aromatic rings. The number of carbonyl (C=O) groups is 1. The third-order valence-corrected chi connectivity index (χ3v) is 5.40. The van der Waals surface area contributed by atoms with Crippen LogP contribution in [0.1, 0.15) is 34.6 Å². The molecule has 0 aliphatic carbocycles. The van der Waals surface area contributed by atoms with E-state index in [9.17, 15) is 4.79 Å². The van der Waals surface area contributed by atoms with Crippen molar-refractivity contribution in [1.82, 2.24) is 19.2 Å². The van der Waals surface area contributed by atoms with Gasteiger partial charge >= 0.3 is 0 Å². The Morgan fingerprint density at radius 2 is 2.15 bits per heavy atom. The normalized spacial score (nSPS) is 20.7. The number of aryl methyl sites for hydroxylation is 1. The number of morpholine rings is 1. The number of ether oxygens (including phenoxy) is 2. The van der Waals surface area contributed by atoms with Crippen LogP contribution in [0.2, 0.25) is 0 Å². The maximum absolute atomic E-state index is 13.2. The van der Waals surface area contributed by atoms with E-state index in [0.29, 0.717) is 38.5 Å². The summed E-state index contributed by atoms with van der Waals surface area (Å²) in [5, 5.41) is 0. The highest BCUT2D eigenvalue weighted by atomic mass is 16.5. The molecule has 146 valence electrons. The Hall–Kier alpha value is -1.96. The molecule has 1 amide bonds. The molecule has 0 saturated carbocycles. The van der Waals surface area contributed by atoms with Crippen molar-refractivity contribution in [2.24, 2.45) is 0 Å². The van der Waals surface area contributed by atoms with Gasteiger partial charge in [0, 0.05) is 39.0 Å². The zero-order valence-electron chi connectivity index (χ0n) is 16.2. The number of rotatable bonds is 5. The van der Waals surface area contributed by atoms with Crippen LogP contribution < -0.4 is 0 Å². The lowest BCUT2D eigenvalue weighted by atomic mass is 10.2. The zero-order chi connectivity index (χ0) is 18.8. The molecule has 0 radical (unpaired) electrons. The Labute approximate surface area is 159 Å². The smallest absolute Gasteiger partial charge is 0.274 e. The second kappa shape index (κ2) is 7.96. The fourth-order valence-corrected chi connectivity index (χ4v) is 3.95. The van der Waals surface area contributed by atoms with E-state index in [4.69, 9.17) is 14.5 Å². The van der Waals surface area contributed by atoms with E-state index >= 15 is 0 Å². The van der Waals surface area contributed by atoms with Crippen LogP contribution in [0.25, 0.3) is 5.65 Å². The number of amides is 1. The first-order chi connectivity index (χ1) is 13.1. The van der Waals surface area contributed by atoms with Crippen molar-refractivity contribution in [2.45, 2.75) is 32.4 Å². The Kier molecular flexibility index (Phi) is 5.43. The van der Waals surface area contributed by atoms with E-state index in [1.54, 1.807) is 0 Å². The summed E-state index contributed by atoms with van der Waals surface area (Å²) in [4.78, 5) is 22.0. The van der Waals surface area contributed by atoms with Gasteiger partial charge in [0.25, 0.3) is 5.91 Å². The third-order valence-electron chi connectivity index (χ3n) is 5.40. The molecule has 2 aliphatic heterocycles. The van der Waals surface area contributed by atoms with Crippen LogP contribution in [0.3, 0.4) is 0 Å². The number of pyridine rings is 1. The molecule has 7 heteroatoms. The maximum Gasteiger partial charge on any atom is 0.274 e. The predicted molar refractivity (Wildman–Crippen MR) is 102 cm³/mol. The van der Waals surface area contributed by atoms with Gasteiger partial charge in [-0.1, -0.05) is 6.07 Å². The maximum atomic E-state index is 13.2. The highest BCUT2D eigenvalue weighted by Crippen LogP contribution is 2.21. The van der Waals surface area contributed by atoms with Crippen molar-refractivity contribution in [2.75, 3.05) is 46.5 Å². The van der Waals surface area contributed by atoms with Gasteiger partial charge in [-0.2, -0.15) is 0 Å². The third kappa shape index (κ3) is 3.85. The minimum absolute atomic E-state index is 0.00177. The summed E-state index contributed by atoms with van der Waals surface area (Å²) in [6.45, 7) is 6.84. The number of fused-ring (bicyclic) bond motifs is 1. The number of nitrogens with zero attached hydrogens (tertiary/aromatic N) is 4. The Morgan fingerprint density at radius 3 is 2.89 bits per heavy atom. The van der Waals surface area contributed by atoms with Crippen molar-refractivity contribution in [3.63, 3.8) is 0 Å². The summed E-state index contributed by atoms with van der Waals surface area (Å²) in [6, 6.07) is 4.04. The zero-order valence-corrected chi connectivity index (χ0v) is 16.2. The van der Waals surface area contributed by atoms with Crippen LogP contribution in [0.5, 0.6) is 0 Å². The van der Waals surface area contributed by atoms with E-state index in [1.807, 2.05) is 30.2 Å². The Bertz CT molecular complexity index is 807. The molecule has 0 bridgehead atoms. The van der Waals surface area contributed by atoms with Crippen LogP contribution in [-0.2, 0) is 16.0 Å². The molecular weight excluding hydrogens is 344 g/mol. The van der Waals surface area contributed by atoms with Gasteiger partial charge in [0.15, 0.2) is 5.69 Å². The van der Waals surface area contributed by atoms with Gasteiger partial charge in [-0.25, -0.2) is 4.98 Å². The minimum Gasteiger partial charge on any atom is -0.378 e. The molecule has 27 heavy (non-hydrogen) atoms. The molecule has 0 aromatic carbocycles. The number of imidazole rings is 1. The fourth-order valence-electron chi connectivity index (χ4n) is 3.95. The summed E-state index contributed by atoms with van der Waals surface area (Å²) in [6.07, 6.45) is 4.53. The molecule has 4 rings (SSSR count). The van der Waals surface area contributed by atoms with Crippen LogP contribution in [0, 0.1) is 6.92 Å². The van der Waals surface area contributed by atoms with Gasteiger partial charge in [-0.3, -0.25) is 9.69 Å². The number of aromatic nitrogens is 2. The average molecular weight is 372 g/mol. The summed E-state index contributed by atoms with van der Waals surface area (Å²) < 4.78 is 13.2. The molecule has 2 fully saturated rings. The molecule has 2 aliphatic rings. The lowest BCUT2D eigenvalue weighted by Gasteiger charge is -2.27. The van der Waals surface area contributed by atoms with E-state index in [-0.39, 0.29) is 12.0 Å².